The molecule has 1 aromatic rings. The Morgan fingerprint density at radius 1 is 1.53 bits per heavy atom. The lowest BCUT2D eigenvalue weighted by atomic mass is 10.1. The zero-order valence-electron chi connectivity index (χ0n) is 9.77. The number of nitrogens with one attached hydrogen (secondary N) is 1. The molecular weight excluding hydrogens is 266 g/mol. The van der Waals surface area contributed by atoms with Gasteiger partial charge in [0.1, 0.15) is 11.4 Å². The van der Waals surface area contributed by atoms with Crippen LogP contribution in [-0.2, 0) is 20.4 Å². The molecule has 0 aliphatic rings. The maximum atomic E-state index is 11.5. The van der Waals surface area contributed by atoms with E-state index in [4.69, 9.17) is 10.7 Å². The number of carbonyl (C=O) groups is 1. The van der Waals surface area contributed by atoms with Crippen molar-refractivity contribution < 1.29 is 13.2 Å². The van der Waals surface area contributed by atoms with Gasteiger partial charge in [-0.1, -0.05) is 0 Å². The number of amides is 1. The first kappa shape index (κ1) is 14.0. The number of aromatic nitrogens is 2. The van der Waals surface area contributed by atoms with Crippen molar-refractivity contribution in [2.75, 3.05) is 0 Å². The van der Waals surface area contributed by atoms with E-state index in [2.05, 4.69) is 10.4 Å². The molecule has 0 aromatic carbocycles. The van der Waals surface area contributed by atoms with Crippen molar-refractivity contribution >= 4 is 25.6 Å². The van der Waals surface area contributed by atoms with E-state index in [9.17, 15) is 13.2 Å². The van der Waals surface area contributed by atoms with Gasteiger partial charge in [0.25, 0.3) is 9.05 Å². The molecule has 0 saturated heterocycles. The lowest BCUT2D eigenvalue weighted by Gasteiger charge is -2.20. The van der Waals surface area contributed by atoms with Crippen LogP contribution in [-0.4, -0.2) is 29.6 Å². The van der Waals surface area contributed by atoms with E-state index in [0.29, 0.717) is 0 Å². The van der Waals surface area contributed by atoms with Crippen molar-refractivity contribution in [3.05, 3.63) is 12.4 Å². The summed E-state index contributed by atoms with van der Waals surface area (Å²) >= 11 is 0. The summed E-state index contributed by atoms with van der Waals surface area (Å²) in [7, 11) is 1.34. The van der Waals surface area contributed by atoms with Crippen LogP contribution in [0.2, 0.25) is 0 Å². The Labute approximate surface area is 104 Å². The summed E-state index contributed by atoms with van der Waals surface area (Å²) < 4.78 is 23.2. The summed E-state index contributed by atoms with van der Waals surface area (Å²) in [5, 5.41) is 6.48. The van der Waals surface area contributed by atoms with Crippen molar-refractivity contribution in [3.63, 3.8) is 0 Å². The molecular formula is C9H14ClN3O3S. The molecule has 96 valence electrons. The number of hydrogen-bond acceptors (Lipinski definition) is 4. The van der Waals surface area contributed by atoms with Crippen molar-refractivity contribution in [2.24, 2.45) is 0 Å². The molecule has 0 bridgehead atoms. The van der Waals surface area contributed by atoms with E-state index in [1.54, 1.807) is 0 Å². The fourth-order valence-electron chi connectivity index (χ4n) is 1.16. The van der Waals surface area contributed by atoms with Gasteiger partial charge in [0.2, 0.25) is 5.91 Å². The molecule has 1 rings (SSSR count). The fraction of sp³-hybridized carbons (Fsp3) is 0.556. The number of hydrogen-bond donors (Lipinski definition) is 1. The summed E-state index contributed by atoms with van der Waals surface area (Å²) in [4.78, 5) is 11.4. The van der Waals surface area contributed by atoms with E-state index in [-0.39, 0.29) is 22.9 Å². The monoisotopic (exact) mass is 279 g/mol. The Hall–Kier alpha value is -1.08. The molecule has 1 heterocycles. The van der Waals surface area contributed by atoms with E-state index in [1.807, 2.05) is 20.8 Å². The molecule has 0 saturated carbocycles. The molecule has 0 aliphatic heterocycles. The molecule has 0 fully saturated rings. The van der Waals surface area contributed by atoms with Gasteiger partial charge < -0.3 is 5.32 Å². The Morgan fingerprint density at radius 3 is 2.53 bits per heavy atom. The summed E-state index contributed by atoms with van der Waals surface area (Å²) in [5.41, 5.74) is -0.342. The van der Waals surface area contributed by atoms with Crippen LogP contribution in [0.25, 0.3) is 0 Å². The third-order valence-corrected chi connectivity index (χ3v) is 3.02. The van der Waals surface area contributed by atoms with Crippen LogP contribution < -0.4 is 5.32 Å². The summed E-state index contributed by atoms with van der Waals surface area (Å²) in [6.07, 6.45) is 2.32. The molecule has 1 aromatic heterocycles. The maximum Gasteiger partial charge on any atom is 0.264 e. The molecule has 1 amide bonds. The largest absolute Gasteiger partial charge is 0.350 e. The standard InChI is InChI=1S/C9H14ClN3O3S/c1-9(2,3)12-8(14)6-13-5-7(4-11-13)17(10,15)16/h4-5H,6H2,1-3H3,(H,12,14). The second kappa shape index (κ2) is 4.66. The van der Waals surface area contributed by atoms with Gasteiger partial charge in [0.15, 0.2) is 0 Å². The minimum absolute atomic E-state index is 0.0519. The van der Waals surface area contributed by atoms with E-state index in [0.717, 1.165) is 6.20 Å². The van der Waals surface area contributed by atoms with Crippen LogP contribution in [0.15, 0.2) is 17.3 Å². The van der Waals surface area contributed by atoms with Gasteiger partial charge in [0.05, 0.1) is 6.20 Å². The predicted molar refractivity (Wildman–Crippen MR) is 63.2 cm³/mol. The van der Waals surface area contributed by atoms with Gasteiger partial charge in [-0.05, 0) is 20.8 Å². The topological polar surface area (TPSA) is 81.1 Å². The highest BCUT2D eigenvalue weighted by molar-refractivity contribution is 8.13. The molecule has 0 spiro atoms. The first-order chi connectivity index (χ1) is 7.58. The van der Waals surface area contributed by atoms with E-state index < -0.39 is 9.05 Å². The van der Waals surface area contributed by atoms with Gasteiger partial charge in [-0.3, -0.25) is 9.48 Å². The Morgan fingerprint density at radius 2 is 2.12 bits per heavy atom. The maximum absolute atomic E-state index is 11.5. The first-order valence-electron chi connectivity index (χ1n) is 4.86. The minimum atomic E-state index is -3.80. The van der Waals surface area contributed by atoms with Crippen LogP contribution in [0.1, 0.15) is 20.8 Å². The number of halogens is 1. The lowest BCUT2D eigenvalue weighted by Crippen LogP contribution is -2.42. The van der Waals surface area contributed by atoms with Crippen molar-refractivity contribution in [3.8, 4) is 0 Å². The lowest BCUT2D eigenvalue weighted by molar-refractivity contribution is -0.123. The van der Waals surface area contributed by atoms with Gasteiger partial charge in [-0.2, -0.15) is 5.10 Å². The minimum Gasteiger partial charge on any atom is -0.350 e. The fourth-order valence-corrected chi connectivity index (χ4v) is 1.82. The average Bonchev–Trinajstić information content (AvgIpc) is 2.47. The summed E-state index contributed by atoms with van der Waals surface area (Å²) in [6.45, 7) is 5.50. The SMILES string of the molecule is CC(C)(C)NC(=O)Cn1cc(S(=O)(=O)Cl)cn1. The third kappa shape index (κ3) is 4.74. The van der Waals surface area contributed by atoms with Gasteiger partial charge in [-0.25, -0.2) is 8.42 Å². The van der Waals surface area contributed by atoms with Crippen LogP contribution in [0.5, 0.6) is 0 Å². The van der Waals surface area contributed by atoms with Crippen molar-refractivity contribution in [2.45, 2.75) is 37.8 Å². The molecule has 17 heavy (non-hydrogen) atoms. The smallest absolute Gasteiger partial charge is 0.264 e. The summed E-state index contributed by atoms with van der Waals surface area (Å²) in [5.74, 6) is -0.251. The van der Waals surface area contributed by atoms with E-state index >= 15 is 0 Å². The Bertz CT molecular complexity index is 516. The van der Waals surface area contributed by atoms with Gasteiger partial charge >= 0.3 is 0 Å². The molecule has 0 atom stereocenters. The quantitative estimate of drug-likeness (QED) is 0.827. The van der Waals surface area contributed by atoms with Crippen LogP contribution in [0, 0.1) is 0 Å². The number of carbonyl (C=O) groups excluding carboxylic acids is 1. The van der Waals surface area contributed by atoms with Crippen LogP contribution >= 0.6 is 10.7 Å². The highest BCUT2D eigenvalue weighted by Crippen LogP contribution is 2.12. The van der Waals surface area contributed by atoms with Gasteiger partial charge in [-0.15, -0.1) is 0 Å². The zero-order chi connectivity index (χ0) is 13.3. The van der Waals surface area contributed by atoms with Gasteiger partial charge in [0, 0.05) is 22.4 Å². The Balaban J connectivity index is 2.71. The molecule has 8 heteroatoms. The second-order valence-corrected chi connectivity index (χ2v) is 7.18. The normalized spacial score (nSPS) is 12.5. The summed E-state index contributed by atoms with van der Waals surface area (Å²) in [6, 6.07) is 0. The van der Waals surface area contributed by atoms with Crippen molar-refractivity contribution in [1.29, 1.82) is 0 Å². The molecule has 0 radical (unpaired) electrons. The van der Waals surface area contributed by atoms with Crippen molar-refractivity contribution in [1.82, 2.24) is 15.1 Å². The molecule has 0 unspecified atom stereocenters. The second-order valence-electron chi connectivity index (χ2n) is 4.61. The number of rotatable bonds is 3. The average molecular weight is 280 g/mol. The van der Waals surface area contributed by atoms with Crippen LogP contribution in [0.3, 0.4) is 0 Å². The van der Waals surface area contributed by atoms with Crippen LogP contribution in [0.4, 0.5) is 0 Å². The third-order valence-electron chi connectivity index (χ3n) is 1.71. The molecule has 1 N–H and O–H groups in total. The number of nitrogens with zero attached hydrogens (tertiary/aromatic N) is 2. The Kier molecular flexibility index (Phi) is 3.83. The zero-order valence-corrected chi connectivity index (χ0v) is 11.3. The highest BCUT2D eigenvalue weighted by atomic mass is 35.7. The molecule has 0 aliphatic carbocycles. The highest BCUT2D eigenvalue weighted by Gasteiger charge is 2.16. The predicted octanol–water partition coefficient (Wildman–Crippen LogP) is 0.725. The first-order valence-corrected chi connectivity index (χ1v) is 7.17. The van der Waals surface area contributed by atoms with E-state index in [1.165, 1.54) is 10.9 Å². The molecule has 6 nitrogen and oxygen atoms in total.